The van der Waals surface area contributed by atoms with Crippen molar-refractivity contribution < 1.29 is 27.4 Å². The van der Waals surface area contributed by atoms with Gasteiger partial charge in [0.1, 0.15) is 11.3 Å². The van der Waals surface area contributed by atoms with Crippen LogP contribution < -0.4 is 14.8 Å². The molecule has 1 aromatic carbocycles. The number of ether oxygens (including phenoxy) is 2. The van der Waals surface area contributed by atoms with Crippen LogP contribution in [-0.4, -0.2) is 30.3 Å². The van der Waals surface area contributed by atoms with Gasteiger partial charge in [0, 0.05) is 6.20 Å². The lowest BCUT2D eigenvalue weighted by Crippen LogP contribution is -2.20. The number of nitrogens with zero attached hydrogens (tertiary/aromatic N) is 1. The van der Waals surface area contributed by atoms with Crippen molar-refractivity contribution in [3.63, 3.8) is 0 Å². The zero-order valence-electron chi connectivity index (χ0n) is 12.8. The second-order valence-electron chi connectivity index (χ2n) is 4.64. The molecule has 0 fully saturated rings. The van der Waals surface area contributed by atoms with Crippen molar-refractivity contribution in [1.82, 2.24) is 4.98 Å². The number of hydrogen-bond donors (Lipinski definition) is 1. The highest BCUT2D eigenvalue weighted by atomic mass is 19.4. The lowest BCUT2D eigenvalue weighted by Gasteiger charge is -2.14. The summed E-state index contributed by atoms with van der Waals surface area (Å²) in [6.07, 6.45) is -3.00. The van der Waals surface area contributed by atoms with Gasteiger partial charge in [0.25, 0.3) is 5.91 Å². The Morgan fingerprint density at radius 2 is 1.92 bits per heavy atom. The first-order chi connectivity index (χ1) is 11.4. The van der Waals surface area contributed by atoms with Gasteiger partial charge in [0.05, 0.1) is 12.3 Å². The number of para-hydroxylation sites is 2. The zero-order valence-corrected chi connectivity index (χ0v) is 12.8. The predicted molar refractivity (Wildman–Crippen MR) is 81.4 cm³/mol. The highest BCUT2D eigenvalue weighted by molar-refractivity contribution is 6.06. The maximum Gasteiger partial charge on any atom is 0.422 e. The lowest BCUT2D eigenvalue weighted by molar-refractivity contribution is -0.153. The van der Waals surface area contributed by atoms with Gasteiger partial charge in [-0.25, -0.2) is 4.98 Å². The number of carbonyl (C=O) groups excluding carboxylic acids is 1. The van der Waals surface area contributed by atoms with Crippen LogP contribution in [0.4, 0.5) is 18.9 Å². The van der Waals surface area contributed by atoms with Crippen LogP contribution >= 0.6 is 0 Å². The Hall–Kier alpha value is -2.77. The molecule has 2 rings (SSSR count). The molecule has 1 N–H and O–H groups in total. The summed E-state index contributed by atoms with van der Waals surface area (Å²) < 4.78 is 46.9. The summed E-state index contributed by atoms with van der Waals surface area (Å²) in [6.45, 7) is 0.621. The van der Waals surface area contributed by atoms with E-state index in [1.54, 1.807) is 19.1 Å². The van der Waals surface area contributed by atoms with E-state index in [2.05, 4.69) is 10.3 Å². The SMILES string of the molecule is CCOc1ncccc1C(=O)Nc1ccccc1OCC(F)(F)F. The lowest BCUT2D eigenvalue weighted by atomic mass is 10.2. The number of halogens is 3. The third kappa shape index (κ3) is 4.87. The molecule has 0 radical (unpaired) electrons. The van der Waals surface area contributed by atoms with Gasteiger partial charge in [-0.15, -0.1) is 0 Å². The number of carbonyl (C=O) groups is 1. The van der Waals surface area contributed by atoms with E-state index in [4.69, 9.17) is 9.47 Å². The molecule has 0 unspecified atom stereocenters. The average molecular weight is 340 g/mol. The molecule has 128 valence electrons. The Kier molecular flexibility index (Phi) is 5.62. The van der Waals surface area contributed by atoms with Crippen LogP contribution in [0.15, 0.2) is 42.6 Å². The van der Waals surface area contributed by atoms with E-state index in [0.29, 0.717) is 6.61 Å². The van der Waals surface area contributed by atoms with Crippen molar-refractivity contribution in [3.8, 4) is 11.6 Å². The van der Waals surface area contributed by atoms with Crippen molar-refractivity contribution in [1.29, 1.82) is 0 Å². The maximum atomic E-state index is 12.4. The fourth-order valence-electron chi connectivity index (χ4n) is 1.86. The van der Waals surface area contributed by atoms with Crippen LogP contribution in [0.25, 0.3) is 0 Å². The number of nitrogens with one attached hydrogen (secondary N) is 1. The van der Waals surface area contributed by atoms with E-state index in [0.717, 1.165) is 0 Å². The molecule has 0 spiro atoms. The molecule has 1 amide bonds. The Bertz CT molecular complexity index is 705. The second kappa shape index (κ2) is 7.67. The summed E-state index contributed by atoms with van der Waals surface area (Å²) in [6, 6.07) is 8.93. The smallest absolute Gasteiger partial charge is 0.422 e. The molecule has 0 saturated carbocycles. The number of amides is 1. The fourth-order valence-corrected chi connectivity index (χ4v) is 1.86. The van der Waals surface area contributed by atoms with Crippen molar-refractivity contribution in [2.45, 2.75) is 13.1 Å². The number of hydrogen-bond acceptors (Lipinski definition) is 4. The molecule has 2 aromatic rings. The topological polar surface area (TPSA) is 60.5 Å². The summed E-state index contributed by atoms with van der Waals surface area (Å²) in [4.78, 5) is 16.3. The number of anilines is 1. The fraction of sp³-hybridized carbons (Fsp3) is 0.250. The minimum Gasteiger partial charge on any atom is -0.482 e. The molecule has 8 heteroatoms. The minimum atomic E-state index is -4.47. The minimum absolute atomic E-state index is 0.0787. The molecule has 0 atom stereocenters. The monoisotopic (exact) mass is 340 g/mol. The first kappa shape index (κ1) is 17.6. The Labute approximate surface area is 136 Å². The normalized spacial score (nSPS) is 11.0. The quantitative estimate of drug-likeness (QED) is 0.871. The van der Waals surface area contributed by atoms with Gasteiger partial charge in [0.2, 0.25) is 5.88 Å². The van der Waals surface area contributed by atoms with E-state index in [1.165, 1.54) is 30.5 Å². The average Bonchev–Trinajstić information content (AvgIpc) is 2.54. The van der Waals surface area contributed by atoms with E-state index in [1.807, 2.05) is 0 Å². The van der Waals surface area contributed by atoms with E-state index in [-0.39, 0.29) is 22.9 Å². The third-order valence-corrected chi connectivity index (χ3v) is 2.82. The number of benzene rings is 1. The van der Waals surface area contributed by atoms with Gasteiger partial charge in [0.15, 0.2) is 6.61 Å². The molecule has 5 nitrogen and oxygen atoms in total. The van der Waals surface area contributed by atoms with Crippen molar-refractivity contribution >= 4 is 11.6 Å². The van der Waals surface area contributed by atoms with E-state index < -0.39 is 18.7 Å². The summed E-state index contributed by atoms with van der Waals surface area (Å²) in [5.74, 6) is -0.495. The standard InChI is InChI=1S/C16H15F3N2O3/c1-2-23-15-11(6-5-9-20-15)14(22)21-12-7-3-4-8-13(12)24-10-16(17,18)19/h3-9H,2,10H2,1H3,(H,21,22). The van der Waals surface area contributed by atoms with E-state index >= 15 is 0 Å². The largest absolute Gasteiger partial charge is 0.482 e. The first-order valence-electron chi connectivity index (χ1n) is 7.08. The van der Waals surface area contributed by atoms with E-state index in [9.17, 15) is 18.0 Å². The summed E-state index contributed by atoms with van der Waals surface area (Å²) in [5.41, 5.74) is 0.294. The van der Waals surface area contributed by atoms with Crippen LogP contribution in [0.1, 0.15) is 17.3 Å². The first-order valence-corrected chi connectivity index (χ1v) is 7.08. The van der Waals surface area contributed by atoms with Crippen molar-refractivity contribution in [3.05, 3.63) is 48.2 Å². The Morgan fingerprint density at radius 1 is 1.17 bits per heavy atom. The molecule has 0 aliphatic rings. The van der Waals surface area contributed by atoms with Gasteiger partial charge >= 0.3 is 6.18 Å². The highest BCUT2D eigenvalue weighted by Gasteiger charge is 2.29. The molecular weight excluding hydrogens is 325 g/mol. The van der Waals surface area contributed by atoms with Crippen LogP contribution in [-0.2, 0) is 0 Å². The number of pyridine rings is 1. The summed E-state index contributed by atoms with van der Waals surface area (Å²) in [5, 5.41) is 2.51. The second-order valence-corrected chi connectivity index (χ2v) is 4.64. The van der Waals surface area contributed by atoms with Gasteiger partial charge < -0.3 is 14.8 Å². The number of alkyl halides is 3. The number of rotatable bonds is 6. The molecule has 0 aliphatic carbocycles. The zero-order chi connectivity index (χ0) is 17.6. The Morgan fingerprint density at radius 3 is 2.62 bits per heavy atom. The van der Waals surface area contributed by atoms with Gasteiger partial charge in [-0.1, -0.05) is 12.1 Å². The summed E-state index contributed by atoms with van der Waals surface area (Å²) >= 11 is 0. The van der Waals surface area contributed by atoms with Crippen molar-refractivity contribution in [2.24, 2.45) is 0 Å². The van der Waals surface area contributed by atoms with Crippen LogP contribution in [0, 0.1) is 0 Å². The van der Waals surface area contributed by atoms with Crippen molar-refractivity contribution in [2.75, 3.05) is 18.5 Å². The van der Waals surface area contributed by atoms with Gasteiger partial charge in [-0.05, 0) is 31.2 Å². The van der Waals surface area contributed by atoms with Crippen LogP contribution in [0.5, 0.6) is 11.6 Å². The Balaban J connectivity index is 2.18. The van der Waals surface area contributed by atoms with Gasteiger partial charge in [-0.2, -0.15) is 13.2 Å². The van der Waals surface area contributed by atoms with Gasteiger partial charge in [-0.3, -0.25) is 4.79 Å². The molecule has 24 heavy (non-hydrogen) atoms. The molecule has 0 saturated heterocycles. The number of aromatic nitrogens is 1. The van der Waals surface area contributed by atoms with Crippen LogP contribution in [0.3, 0.4) is 0 Å². The predicted octanol–water partition coefficient (Wildman–Crippen LogP) is 3.67. The molecule has 1 heterocycles. The third-order valence-electron chi connectivity index (χ3n) is 2.82. The molecule has 0 bridgehead atoms. The molecule has 0 aliphatic heterocycles. The maximum absolute atomic E-state index is 12.4. The highest BCUT2D eigenvalue weighted by Crippen LogP contribution is 2.27. The molecular formula is C16H15F3N2O3. The van der Waals surface area contributed by atoms with Crippen LogP contribution in [0.2, 0.25) is 0 Å². The summed E-state index contributed by atoms with van der Waals surface area (Å²) in [7, 11) is 0. The molecule has 1 aromatic heterocycles.